The van der Waals surface area contributed by atoms with Gasteiger partial charge in [-0.3, -0.25) is 14.7 Å². The van der Waals surface area contributed by atoms with Crippen LogP contribution in [0.4, 0.5) is 0 Å². The van der Waals surface area contributed by atoms with Crippen molar-refractivity contribution in [1.82, 2.24) is 24.6 Å². The largest absolute Gasteiger partial charge is 0.345 e. The summed E-state index contributed by atoms with van der Waals surface area (Å²) in [4.78, 5) is 28.6. The van der Waals surface area contributed by atoms with E-state index in [4.69, 9.17) is 0 Å². The van der Waals surface area contributed by atoms with Gasteiger partial charge in [0.25, 0.3) is 11.5 Å². The average Bonchev–Trinajstić information content (AvgIpc) is 3.16. The molecular formula is C16H17N5O2S. The topological polar surface area (TPSA) is 84.7 Å². The first-order valence-corrected chi connectivity index (χ1v) is 8.53. The predicted octanol–water partition coefficient (Wildman–Crippen LogP) is 1.55. The molecule has 0 aliphatic heterocycles. The summed E-state index contributed by atoms with van der Waals surface area (Å²) in [5, 5.41) is 6.50. The van der Waals surface area contributed by atoms with E-state index in [0.717, 1.165) is 10.9 Å². The van der Waals surface area contributed by atoms with Gasteiger partial charge in [-0.15, -0.1) is 0 Å². The van der Waals surface area contributed by atoms with E-state index < -0.39 is 0 Å². The number of hydrogen-bond donors (Lipinski definition) is 2. The molecule has 0 aliphatic carbocycles. The minimum Gasteiger partial charge on any atom is -0.345 e. The van der Waals surface area contributed by atoms with Crippen molar-refractivity contribution in [3.05, 3.63) is 64.3 Å². The van der Waals surface area contributed by atoms with Gasteiger partial charge < -0.3 is 9.88 Å². The third kappa shape index (κ3) is 3.13. The molecule has 1 aromatic carbocycles. The van der Waals surface area contributed by atoms with Crippen molar-refractivity contribution in [3.8, 4) is 5.69 Å². The number of aromatic amines is 1. The van der Waals surface area contributed by atoms with E-state index in [0.29, 0.717) is 12.2 Å². The van der Waals surface area contributed by atoms with E-state index in [-0.39, 0.29) is 17.2 Å². The third-order valence-corrected chi connectivity index (χ3v) is 4.38. The van der Waals surface area contributed by atoms with Crippen molar-refractivity contribution in [3.63, 3.8) is 0 Å². The molecule has 1 amide bonds. The summed E-state index contributed by atoms with van der Waals surface area (Å²) in [5.74, 6) is -0.339. The van der Waals surface area contributed by atoms with E-state index in [9.17, 15) is 9.59 Å². The Hall–Kier alpha value is -2.74. The quantitative estimate of drug-likeness (QED) is 0.689. The van der Waals surface area contributed by atoms with E-state index >= 15 is 0 Å². The average molecular weight is 343 g/mol. The van der Waals surface area contributed by atoms with Gasteiger partial charge in [-0.05, 0) is 18.4 Å². The number of para-hydroxylation sites is 1. The fourth-order valence-electron chi connectivity index (χ4n) is 2.33. The van der Waals surface area contributed by atoms with Gasteiger partial charge in [0.15, 0.2) is 5.16 Å². The Bertz CT molecular complexity index is 910. The summed E-state index contributed by atoms with van der Waals surface area (Å²) >= 11 is 1.54. The van der Waals surface area contributed by atoms with Crippen LogP contribution >= 0.6 is 11.8 Å². The second-order valence-electron chi connectivity index (χ2n) is 5.16. The van der Waals surface area contributed by atoms with Crippen LogP contribution in [0.15, 0.2) is 52.5 Å². The summed E-state index contributed by atoms with van der Waals surface area (Å²) in [6.07, 6.45) is 3.67. The van der Waals surface area contributed by atoms with Crippen LogP contribution < -0.4 is 10.9 Å². The highest BCUT2D eigenvalue weighted by Crippen LogP contribution is 2.13. The highest BCUT2D eigenvalue weighted by molar-refractivity contribution is 7.98. The first-order valence-electron chi connectivity index (χ1n) is 7.30. The summed E-state index contributed by atoms with van der Waals surface area (Å²) in [7, 11) is 1.90. The zero-order chi connectivity index (χ0) is 17.1. The highest BCUT2D eigenvalue weighted by atomic mass is 32.2. The minimum absolute atomic E-state index is 0.219. The first kappa shape index (κ1) is 16.1. The summed E-state index contributed by atoms with van der Waals surface area (Å²) in [6, 6.07) is 10.4. The molecule has 0 saturated heterocycles. The van der Waals surface area contributed by atoms with Gasteiger partial charge in [-0.1, -0.05) is 30.0 Å². The molecule has 3 rings (SSSR count). The lowest BCUT2D eigenvalue weighted by Crippen LogP contribution is -2.24. The zero-order valence-corrected chi connectivity index (χ0v) is 14.1. The van der Waals surface area contributed by atoms with Crippen molar-refractivity contribution < 1.29 is 4.79 Å². The van der Waals surface area contributed by atoms with Crippen molar-refractivity contribution in [2.24, 2.45) is 7.05 Å². The van der Waals surface area contributed by atoms with Crippen LogP contribution in [0.25, 0.3) is 5.69 Å². The van der Waals surface area contributed by atoms with Crippen molar-refractivity contribution in [1.29, 1.82) is 0 Å². The van der Waals surface area contributed by atoms with Crippen LogP contribution in [0, 0.1) is 0 Å². The standard InChI is InChI=1S/C16H17N5O2S/c1-20-12(10-18-16(20)24-2)9-17-15(23)13-8-14(22)21(19-13)11-6-4-3-5-7-11/h3-8,10,19H,9H2,1-2H3,(H,17,23). The molecule has 0 saturated carbocycles. The minimum atomic E-state index is -0.339. The van der Waals surface area contributed by atoms with E-state index in [1.54, 1.807) is 18.3 Å². The Balaban J connectivity index is 1.74. The monoisotopic (exact) mass is 343 g/mol. The lowest BCUT2D eigenvalue weighted by molar-refractivity contribution is 0.0944. The SMILES string of the molecule is CSc1ncc(CNC(=O)c2cc(=O)n(-c3ccccc3)[nH]2)n1C. The van der Waals surface area contributed by atoms with Crippen molar-refractivity contribution in [2.75, 3.05) is 6.26 Å². The first-order chi connectivity index (χ1) is 11.6. The molecule has 2 N–H and O–H groups in total. The van der Waals surface area contributed by atoms with E-state index in [2.05, 4.69) is 15.4 Å². The summed E-state index contributed by atoms with van der Waals surface area (Å²) in [5.41, 5.74) is 1.50. The normalized spacial score (nSPS) is 10.8. The smallest absolute Gasteiger partial charge is 0.271 e. The van der Waals surface area contributed by atoms with Crippen LogP contribution in [0.1, 0.15) is 16.2 Å². The van der Waals surface area contributed by atoms with Crippen LogP contribution in [-0.2, 0) is 13.6 Å². The molecule has 0 fully saturated rings. The lowest BCUT2D eigenvalue weighted by Gasteiger charge is -2.06. The number of rotatable bonds is 5. The molecule has 0 aliphatic rings. The number of H-pyrrole nitrogens is 1. The van der Waals surface area contributed by atoms with Crippen LogP contribution in [0.5, 0.6) is 0 Å². The number of aromatic nitrogens is 4. The molecule has 0 atom stereocenters. The van der Waals surface area contributed by atoms with Gasteiger partial charge in [0, 0.05) is 13.1 Å². The second-order valence-corrected chi connectivity index (χ2v) is 5.93. The maximum absolute atomic E-state index is 12.3. The Morgan fingerprint density at radius 2 is 2.08 bits per heavy atom. The van der Waals surface area contributed by atoms with Crippen molar-refractivity contribution in [2.45, 2.75) is 11.7 Å². The van der Waals surface area contributed by atoms with Crippen LogP contribution in [0.3, 0.4) is 0 Å². The molecule has 2 aromatic heterocycles. The van der Waals surface area contributed by atoms with Crippen LogP contribution in [-0.4, -0.2) is 31.5 Å². The predicted molar refractivity (Wildman–Crippen MR) is 92.5 cm³/mol. The fraction of sp³-hybridized carbons (Fsp3) is 0.188. The van der Waals surface area contributed by atoms with Gasteiger partial charge in [0.1, 0.15) is 5.69 Å². The number of imidazole rings is 1. The van der Waals surface area contributed by atoms with E-state index in [1.807, 2.05) is 36.1 Å². The summed E-state index contributed by atoms with van der Waals surface area (Å²) < 4.78 is 3.26. The number of thioether (sulfide) groups is 1. The molecule has 8 heteroatoms. The number of nitrogens with zero attached hydrogens (tertiary/aromatic N) is 3. The van der Waals surface area contributed by atoms with Crippen molar-refractivity contribution >= 4 is 17.7 Å². The third-order valence-electron chi connectivity index (χ3n) is 3.63. The maximum atomic E-state index is 12.3. The molecular weight excluding hydrogens is 326 g/mol. The molecule has 7 nitrogen and oxygen atoms in total. The van der Waals surface area contributed by atoms with Gasteiger partial charge in [0.05, 0.1) is 24.1 Å². The molecule has 3 aromatic rings. The molecule has 0 spiro atoms. The second kappa shape index (κ2) is 6.79. The molecule has 124 valence electrons. The van der Waals surface area contributed by atoms with Gasteiger partial charge in [0.2, 0.25) is 0 Å². The van der Waals surface area contributed by atoms with Gasteiger partial charge in [-0.2, -0.15) is 0 Å². The van der Waals surface area contributed by atoms with E-state index in [1.165, 1.54) is 22.5 Å². The Labute approximate surface area is 142 Å². The maximum Gasteiger partial charge on any atom is 0.271 e. The zero-order valence-electron chi connectivity index (χ0n) is 13.3. The number of hydrogen-bond acceptors (Lipinski definition) is 4. The number of nitrogens with one attached hydrogen (secondary N) is 2. The molecule has 0 bridgehead atoms. The number of benzene rings is 1. The highest BCUT2D eigenvalue weighted by Gasteiger charge is 2.13. The van der Waals surface area contributed by atoms with Gasteiger partial charge in [-0.25, -0.2) is 9.67 Å². The number of amides is 1. The molecule has 0 radical (unpaired) electrons. The number of carbonyl (C=O) groups excluding carboxylic acids is 1. The summed E-state index contributed by atoms with van der Waals surface area (Å²) in [6.45, 7) is 0.335. The fourth-order valence-corrected chi connectivity index (χ4v) is 2.88. The van der Waals surface area contributed by atoms with Crippen LogP contribution in [0.2, 0.25) is 0 Å². The molecule has 2 heterocycles. The molecule has 0 unspecified atom stereocenters. The Morgan fingerprint density at radius 3 is 2.75 bits per heavy atom. The number of carbonyl (C=O) groups is 1. The van der Waals surface area contributed by atoms with Gasteiger partial charge >= 0.3 is 0 Å². The lowest BCUT2D eigenvalue weighted by atomic mass is 10.3. The Morgan fingerprint density at radius 1 is 1.33 bits per heavy atom. The Kier molecular flexibility index (Phi) is 4.57. The molecule has 24 heavy (non-hydrogen) atoms.